The topological polar surface area (TPSA) is 90.3 Å². The van der Waals surface area contributed by atoms with Crippen LogP contribution in [0, 0.1) is 5.92 Å². The van der Waals surface area contributed by atoms with Gasteiger partial charge in [-0.3, -0.25) is 14.2 Å². The fourth-order valence-electron chi connectivity index (χ4n) is 3.14. The highest BCUT2D eigenvalue weighted by Crippen LogP contribution is 2.21. The number of nitrogens with one attached hydrogen (secondary N) is 1. The molecule has 0 aliphatic carbocycles. The number of benzene rings is 2. The maximum absolute atomic E-state index is 13.0. The quantitative estimate of drug-likeness (QED) is 0.294. The van der Waals surface area contributed by atoms with Crippen molar-refractivity contribution in [1.29, 1.82) is 0 Å². The van der Waals surface area contributed by atoms with E-state index in [2.05, 4.69) is 24.1 Å². The number of esters is 1. The van der Waals surface area contributed by atoms with E-state index >= 15 is 0 Å². The Labute approximate surface area is 191 Å². The van der Waals surface area contributed by atoms with Crippen LogP contribution >= 0.6 is 11.8 Å². The summed E-state index contributed by atoms with van der Waals surface area (Å²) in [6, 6.07) is 13.9. The molecule has 0 atom stereocenters. The molecule has 1 heterocycles. The second-order valence-electron chi connectivity index (χ2n) is 7.65. The molecule has 0 fully saturated rings. The zero-order chi connectivity index (χ0) is 23.1. The number of fused-ring (bicyclic) bond motifs is 1. The van der Waals surface area contributed by atoms with E-state index in [0.717, 1.165) is 6.42 Å². The van der Waals surface area contributed by atoms with E-state index in [1.165, 1.54) is 11.8 Å². The number of carbonyl (C=O) groups excluding carboxylic acids is 2. The average Bonchev–Trinajstić information content (AvgIpc) is 2.77. The van der Waals surface area contributed by atoms with Gasteiger partial charge < -0.3 is 10.1 Å². The molecular weight excluding hydrogens is 426 g/mol. The Bertz CT molecular complexity index is 1170. The zero-order valence-electron chi connectivity index (χ0n) is 18.5. The van der Waals surface area contributed by atoms with Crippen molar-refractivity contribution in [1.82, 2.24) is 9.55 Å². The average molecular weight is 454 g/mol. The predicted molar refractivity (Wildman–Crippen MR) is 127 cm³/mol. The minimum atomic E-state index is -0.491. The lowest BCUT2D eigenvalue weighted by Crippen LogP contribution is -2.25. The van der Waals surface area contributed by atoms with Crippen LogP contribution in [0.4, 0.5) is 5.69 Å². The first-order valence-electron chi connectivity index (χ1n) is 10.6. The Morgan fingerprint density at radius 2 is 1.84 bits per heavy atom. The molecule has 0 bridgehead atoms. The molecule has 3 aromatic rings. The molecule has 0 saturated carbocycles. The van der Waals surface area contributed by atoms with Crippen LogP contribution in [0.2, 0.25) is 0 Å². The van der Waals surface area contributed by atoms with Crippen LogP contribution in [-0.4, -0.2) is 33.8 Å². The van der Waals surface area contributed by atoms with Gasteiger partial charge in [-0.15, -0.1) is 0 Å². The molecule has 32 heavy (non-hydrogen) atoms. The molecule has 7 nitrogen and oxygen atoms in total. The van der Waals surface area contributed by atoms with E-state index < -0.39 is 5.97 Å². The summed E-state index contributed by atoms with van der Waals surface area (Å²) < 4.78 is 6.70. The largest absolute Gasteiger partial charge is 0.462 e. The number of thioether (sulfide) groups is 1. The molecule has 1 amide bonds. The molecule has 0 aliphatic heterocycles. The third kappa shape index (κ3) is 5.76. The van der Waals surface area contributed by atoms with Gasteiger partial charge in [-0.25, -0.2) is 9.78 Å². The van der Waals surface area contributed by atoms with Crippen LogP contribution in [0.15, 0.2) is 58.5 Å². The number of aromatic nitrogens is 2. The number of hydrogen-bond acceptors (Lipinski definition) is 6. The first kappa shape index (κ1) is 23.5. The highest BCUT2D eigenvalue weighted by atomic mass is 32.2. The molecule has 168 valence electrons. The monoisotopic (exact) mass is 453 g/mol. The van der Waals surface area contributed by atoms with Crippen molar-refractivity contribution >= 4 is 40.2 Å². The van der Waals surface area contributed by atoms with Crippen LogP contribution in [0.1, 0.15) is 37.6 Å². The Kier molecular flexibility index (Phi) is 8.05. The molecule has 0 radical (unpaired) electrons. The molecule has 0 saturated heterocycles. The molecular formula is C24H27N3O4S. The van der Waals surface area contributed by atoms with Gasteiger partial charge in [0, 0.05) is 6.54 Å². The van der Waals surface area contributed by atoms with Gasteiger partial charge in [-0.05, 0) is 43.5 Å². The lowest BCUT2D eigenvalue weighted by molar-refractivity contribution is -0.113. The van der Waals surface area contributed by atoms with Crippen LogP contribution in [0.3, 0.4) is 0 Å². The standard InChI is InChI=1S/C24H27N3O4S/c1-4-31-23(30)18-10-6-8-12-20(18)25-21(28)15-32-24-26-19-11-7-5-9-17(19)22(29)27(24)14-13-16(2)3/h5-12,16H,4,13-15H2,1-3H3,(H,25,28). The maximum Gasteiger partial charge on any atom is 0.340 e. The van der Waals surface area contributed by atoms with E-state index in [1.54, 1.807) is 47.9 Å². The summed E-state index contributed by atoms with van der Waals surface area (Å²) in [6.45, 7) is 6.70. The van der Waals surface area contributed by atoms with Crippen molar-refractivity contribution in [2.75, 3.05) is 17.7 Å². The molecule has 1 N–H and O–H groups in total. The van der Waals surface area contributed by atoms with Gasteiger partial charge in [0.25, 0.3) is 5.56 Å². The number of rotatable bonds is 9. The van der Waals surface area contributed by atoms with Crippen LogP contribution in [0.5, 0.6) is 0 Å². The number of para-hydroxylation sites is 2. The molecule has 0 unspecified atom stereocenters. The van der Waals surface area contributed by atoms with Crippen molar-refractivity contribution in [3.05, 3.63) is 64.4 Å². The second-order valence-corrected chi connectivity index (χ2v) is 8.60. The Hall–Kier alpha value is -3.13. The van der Waals surface area contributed by atoms with Crippen LogP contribution in [0.25, 0.3) is 10.9 Å². The number of nitrogens with zero attached hydrogens (tertiary/aromatic N) is 2. The van der Waals surface area contributed by atoms with Crippen molar-refractivity contribution < 1.29 is 14.3 Å². The molecule has 0 aliphatic rings. The number of amides is 1. The van der Waals surface area contributed by atoms with E-state index in [9.17, 15) is 14.4 Å². The molecule has 1 aromatic heterocycles. The van der Waals surface area contributed by atoms with E-state index in [0.29, 0.717) is 39.8 Å². The third-order valence-corrected chi connectivity index (χ3v) is 5.76. The van der Waals surface area contributed by atoms with Crippen LogP contribution < -0.4 is 10.9 Å². The molecule has 3 rings (SSSR count). The van der Waals surface area contributed by atoms with Crippen LogP contribution in [-0.2, 0) is 16.1 Å². The third-order valence-electron chi connectivity index (χ3n) is 4.79. The summed E-state index contributed by atoms with van der Waals surface area (Å²) >= 11 is 1.20. The fraction of sp³-hybridized carbons (Fsp3) is 0.333. The van der Waals surface area contributed by atoms with Crippen molar-refractivity contribution in [3.8, 4) is 0 Å². The van der Waals surface area contributed by atoms with Gasteiger partial charge in [0.1, 0.15) is 0 Å². The Balaban J connectivity index is 1.80. The van der Waals surface area contributed by atoms with Gasteiger partial charge in [0.15, 0.2) is 5.16 Å². The van der Waals surface area contributed by atoms with E-state index in [1.807, 2.05) is 12.1 Å². The van der Waals surface area contributed by atoms with Crippen molar-refractivity contribution in [3.63, 3.8) is 0 Å². The van der Waals surface area contributed by atoms with Gasteiger partial charge >= 0.3 is 5.97 Å². The summed E-state index contributed by atoms with van der Waals surface area (Å²) in [7, 11) is 0. The maximum atomic E-state index is 13.0. The highest BCUT2D eigenvalue weighted by molar-refractivity contribution is 7.99. The molecule has 0 spiro atoms. The summed E-state index contributed by atoms with van der Waals surface area (Å²) in [6.07, 6.45) is 0.826. The number of anilines is 1. The van der Waals surface area contributed by atoms with Gasteiger partial charge in [0.05, 0.1) is 34.5 Å². The molecule has 8 heteroatoms. The fourth-order valence-corrected chi connectivity index (χ4v) is 3.96. The first-order valence-corrected chi connectivity index (χ1v) is 11.6. The summed E-state index contributed by atoms with van der Waals surface area (Å²) in [4.78, 5) is 42.4. The summed E-state index contributed by atoms with van der Waals surface area (Å²) in [5, 5.41) is 3.83. The van der Waals surface area contributed by atoms with Crippen molar-refractivity contribution in [2.24, 2.45) is 5.92 Å². The summed E-state index contributed by atoms with van der Waals surface area (Å²) in [5.74, 6) is -0.322. The van der Waals surface area contributed by atoms with Gasteiger partial charge in [-0.2, -0.15) is 0 Å². The van der Waals surface area contributed by atoms with E-state index in [4.69, 9.17) is 4.74 Å². The number of ether oxygens (including phenoxy) is 1. The minimum Gasteiger partial charge on any atom is -0.462 e. The lowest BCUT2D eigenvalue weighted by Gasteiger charge is -2.14. The summed E-state index contributed by atoms with van der Waals surface area (Å²) in [5.41, 5.74) is 1.19. The SMILES string of the molecule is CCOC(=O)c1ccccc1NC(=O)CSc1nc2ccccc2c(=O)n1CCC(C)C. The number of carbonyl (C=O) groups is 2. The lowest BCUT2D eigenvalue weighted by atomic mass is 10.1. The van der Waals surface area contributed by atoms with Crippen molar-refractivity contribution in [2.45, 2.75) is 38.9 Å². The normalized spacial score (nSPS) is 11.0. The van der Waals surface area contributed by atoms with Gasteiger partial charge in [0.2, 0.25) is 5.91 Å². The Morgan fingerprint density at radius 1 is 1.12 bits per heavy atom. The smallest absolute Gasteiger partial charge is 0.340 e. The zero-order valence-corrected chi connectivity index (χ0v) is 19.3. The van der Waals surface area contributed by atoms with Gasteiger partial charge in [-0.1, -0.05) is 49.9 Å². The molecule has 2 aromatic carbocycles. The second kappa shape index (κ2) is 10.9. The minimum absolute atomic E-state index is 0.0453. The predicted octanol–water partition coefficient (Wildman–Crippen LogP) is 4.35. The number of hydrogen-bond donors (Lipinski definition) is 1. The van der Waals surface area contributed by atoms with E-state index in [-0.39, 0.29) is 23.8 Å². The first-order chi connectivity index (χ1) is 15.4. The highest BCUT2D eigenvalue weighted by Gasteiger charge is 2.16. The Morgan fingerprint density at radius 3 is 2.59 bits per heavy atom.